The van der Waals surface area contributed by atoms with Crippen LogP contribution in [0, 0.1) is 6.92 Å². The Morgan fingerprint density at radius 1 is 1.20 bits per heavy atom. The van der Waals surface area contributed by atoms with Crippen LogP contribution in [-0.2, 0) is 0 Å². The van der Waals surface area contributed by atoms with Crippen LogP contribution < -0.4 is 4.74 Å². The van der Waals surface area contributed by atoms with E-state index in [1.54, 1.807) is 43.5 Å². The number of ether oxygens (including phenoxy) is 1. The lowest BCUT2D eigenvalue weighted by Crippen LogP contribution is -1.91. The zero-order valence-electron chi connectivity index (χ0n) is 8.21. The summed E-state index contributed by atoms with van der Waals surface area (Å²) in [6.45, 7) is 1.78. The topological polar surface area (TPSA) is 55.2 Å². The summed E-state index contributed by atoms with van der Waals surface area (Å²) in [5.74, 6) is 1.52. The highest BCUT2D eigenvalue weighted by Gasteiger charge is 2.03. The summed E-state index contributed by atoms with van der Waals surface area (Å²) in [6.07, 6.45) is 1.61. The van der Waals surface area contributed by atoms with Crippen molar-refractivity contribution in [3.8, 4) is 17.4 Å². The van der Waals surface area contributed by atoms with Crippen LogP contribution in [0.3, 0.4) is 0 Å². The summed E-state index contributed by atoms with van der Waals surface area (Å²) in [6, 6.07) is 8.38. The zero-order chi connectivity index (χ0) is 10.7. The Kier molecular flexibility index (Phi) is 2.49. The van der Waals surface area contributed by atoms with Gasteiger partial charge in [0.25, 0.3) is 0 Å². The van der Waals surface area contributed by atoms with Gasteiger partial charge in [0.05, 0.1) is 0 Å². The van der Waals surface area contributed by atoms with E-state index < -0.39 is 0 Å². The molecule has 4 heteroatoms. The van der Waals surface area contributed by atoms with Crippen LogP contribution >= 0.6 is 0 Å². The van der Waals surface area contributed by atoms with Crippen molar-refractivity contribution in [2.75, 3.05) is 0 Å². The molecule has 1 aromatic heterocycles. The first-order valence-corrected chi connectivity index (χ1v) is 4.51. The van der Waals surface area contributed by atoms with Crippen LogP contribution in [0.5, 0.6) is 17.4 Å². The molecule has 0 radical (unpaired) electrons. The molecule has 0 aliphatic heterocycles. The Labute approximate surface area is 87.2 Å². The van der Waals surface area contributed by atoms with Crippen LogP contribution in [0.4, 0.5) is 0 Å². The summed E-state index contributed by atoms with van der Waals surface area (Å²) in [7, 11) is 0. The number of aromatic hydroxyl groups is 1. The molecule has 0 spiro atoms. The average molecular weight is 202 g/mol. The zero-order valence-corrected chi connectivity index (χ0v) is 8.21. The summed E-state index contributed by atoms with van der Waals surface area (Å²) in [4.78, 5) is 8.02. The van der Waals surface area contributed by atoms with Gasteiger partial charge in [0.2, 0.25) is 5.88 Å². The number of phenolic OH excluding ortho intramolecular Hbond substituents is 1. The van der Waals surface area contributed by atoms with Gasteiger partial charge < -0.3 is 9.84 Å². The lowest BCUT2D eigenvalue weighted by molar-refractivity contribution is 0.401. The van der Waals surface area contributed by atoms with E-state index in [4.69, 9.17) is 4.74 Å². The third-order valence-electron chi connectivity index (χ3n) is 1.83. The summed E-state index contributed by atoms with van der Waals surface area (Å²) >= 11 is 0. The molecule has 76 valence electrons. The van der Waals surface area contributed by atoms with Crippen molar-refractivity contribution in [3.05, 3.63) is 42.4 Å². The van der Waals surface area contributed by atoms with Gasteiger partial charge in [-0.15, -0.1) is 0 Å². The van der Waals surface area contributed by atoms with Gasteiger partial charge in [-0.25, -0.2) is 4.98 Å². The summed E-state index contributed by atoms with van der Waals surface area (Å²) in [5, 5.41) is 9.47. The highest BCUT2D eigenvalue weighted by atomic mass is 16.5. The summed E-state index contributed by atoms with van der Waals surface area (Å²) < 4.78 is 5.39. The van der Waals surface area contributed by atoms with Crippen LogP contribution in [0.2, 0.25) is 0 Å². The van der Waals surface area contributed by atoms with Gasteiger partial charge in [-0.3, -0.25) is 0 Å². The largest absolute Gasteiger partial charge is 0.504 e. The van der Waals surface area contributed by atoms with Gasteiger partial charge in [0.15, 0.2) is 11.5 Å². The number of aryl methyl sites for hydroxylation is 1. The molecule has 0 atom stereocenters. The monoisotopic (exact) mass is 202 g/mol. The van der Waals surface area contributed by atoms with E-state index in [2.05, 4.69) is 9.97 Å². The smallest absolute Gasteiger partial charge is 0.222 e. The quantitative estimate of drug-likeness (QED) is 0.811. The molecule has 2 aromatic rings. The SMILES string of the molecule is Cc1nccc(Oc2ccccc2O)n1. The van der Waals surface area contributed by atoms with E-state index in [0.29, 0.717) is 17.5 Å². The Morgan fingerprint density at radius 2 is 2.00 bits per heavy atom. The Bertz CT molecular complexity index is 472. The molecule has 2 rings (SSSR count). The molecule has 1 aromatic carbocycles. The minimum absolute atomic E-state index is 0.0914. The fourth-order valence-corrected chi connectivity index (χ4v) is 1.15. The van der Waals surface area contributed by atoms with Crippen molar-refractivity contribution in [1.82, 2.24) is 9.97 Å². The van der Waals surface area contributed by atoms with Gasteiger partial charge in [0, 0.05) is 12.3 Å². The molecular weight excluding hydrogens is 192 g/mol. The van der Waals surface area contributed by atoms with Crippen LogP contribution in [-0.4, -0.2) is 15.1 Å². The fraction of sp³-hybridized carbons (Fsp3) is 0.0909. The number of benzene rings is 1. The van der Waals surface area contributed by atoms with Crippen molar-refractivity contribution in [2.24, 2.45) is 0 Å². The number of rotatable bonds is 2. The van der Waals surface area contributed by atoms with Gasteiger partial charge >= 0.3 is 0 Å². The molecule has 0 aliphatic carbocycles. The van der Waals surface area contributed by atoms with Crippen molar-refractivity contribution >= 4 is 0 Å². The van der Waals surface area contributed by atoms with E-state index in [9.17, 15) is 5.11 Å². The molecular formula is C11H10N2O2. The first-order chi connectivity index (χ1) is 7.25. The van der Waals surface area contributed by atoms with E-state index >= 15 is 0 Å². The van der Waals surface area contributed by atoms with E-state index in [0.717, 1.165) is 0 Å². The van der Waals surface area contributed by atoms with Crippen molar-refractivity contribution < 1.29 is 9.84 Å². The maximum atomic E-state index is 9.47. The Morgan fingerprint density at radius 3 is 2.73 bits per heavy atom. The van der Waals surface area contributed by atoms with E-state index in [1.165, 1.54) is 0 Å². The standard InChI is InChI=1S/C11H10N2O2/c1-8-12-7-6-11(13-8)15-10-5-3-2-4-9(10)14/h2-7,14H,1H3. The third-order valence-corrected chi connectivity index (χ3v) is 1.83. The number of nitrogens with zero attached hydrogens (tertiary/aromatic N) is 2. The Balaban J connectivity index is 2.26. The Hall–Kier alpha value is -2.10. The lowest BCUT2D eigenvalue weighted by Gasteiger charge is -2.05. The molecule has 0 saturated carbocycles. The second-order valence-corrected chi connectivity index (χ2v) is 3.01. The lowest BCUT2D eigenvalue weighted by atomic mass is 10.3. The number of aromatic nitrogens is 2. The van der Waals surface area contributed by atoms with Gasteiger partial charge in [-0.1, -0.05) is 12.1 Å². The van der Waals surface area contributed by atoms with Crippen molar-refractivity contribution in [2.45, 2.75) is 6.92 Å². The fourth-order valence-electron chi connectivity index (χ4n) is 1.15. The first kappa shape index (κ1) is 9.45. The molecule has 0 aliphatic rings. The molecule has 0 saturated heterocycles. The molecule has 1 N–H and O–H groups in total. The van der Waals surface area contributed by atoms with Crippen LogP contribution in [0.1, 0.15) is 5.82 Å². The molecule has 4 nitrogen and oxygen atoms in total. The predicted molar refractivity (Wildman–Crippen MR) is 54.9 cm³/mol. The van der Waals surface area contributed by atoms with E-state index in [1.807, 2.05) is 0 Å². The van der Waals surface area contributed by atoms with Gasteiger partial charge in [0.1, 0.15) is 5.82 Å². The molecule has 0 bridgehead atoms. The molecule has 0 amide bonds. The van der Waals surface area contributed by atoms with Gasteiger partial charge in [-0.2, -0.15) is 4.98 Å². The highest BCUT2D eigenvalue weighted by Crippen LogP contribution is 2.28. The normalized spacial score (nSPS) is 9.93. The van der Waals surface area contributed by atoms with Crippen molar-refractivity contribution in [1.29, 1.82) is 0 Å². The van der Waals surface area contributed by atoms with Gasteiger partial charge in [-0.05, 0) is 19.1 Å². The maximum absolute atomic E-state index is 9.47. The number of para-hydroxylation sites is 2. The molecule has 0 unspecified atom stereocenters. The second kappa shape index (κ2) is 3.96. The minimum Gasteiger partial charge on any atom is -0.504 e. The van der Waals surface area contributed by atoms with Crippen LogP contribution in [0.15, 0.2) is 36.5 Å². The number of phenols is 1. The van der Waals surface area contributed by atoms with Crippen molar-refractivity contribution in [3.63, 3.8) is 0 Å². The highest BCUT2D eigenvalue weighted by molar-refractivity contribution is 5.40. The minimum atomic E-state index is 0.0914. The molecule has 15 heavy (non-hydrogen) atoms. The average Bonchev–Trinajstić information content (AvgIpc) is 2.22. The molecule has 1 heterocycles. The van der Waals surface area contributed by atoms with Crippen LogP contribution in [0.25, 0.3) is 0 Å². The number of hydrogen-bond donors (Lipinski definition) is 1. The summed E-state index contributed by atoms with van der Waals surface area (Å²) in [5.41, 5.74) is 0. The number of hydrogen-bond acceptors (Lipinski definition) is 4. The van der Waals surface area contributed by atoms with E-state index in [-0.39, 0.29) is 5.75 Å². The first-order valence-electron chi connectivity index (χ1n) is 4.51. The third kappa shape index (κ3) is 2.22. The predicted octanol–water partition coefficient (Wildman–Crippen LogP) is 2.28. The molecule has 0 fully saturated rings. The maximum Gasteiger partial charge on any atom is 0.222 e. The second-order valence-electron chi connectivity index (χ2n) is 3.01.